The van der Waals surface area contributed by atoms with Gasteiger partial charge in [-0.15, -0.1) is 0 Å². The molecule has 2 heterocycles. The maximum Gasteiger partial charge on any atom is 0.239 e. The number of carbonyl (C=O) groups excluding carboxylic acids is 3. The number of benzene rings is 1. The van der Waals surface area contributed by atoms with Crippen molar-refractivity contribution in [1.29, 1.82) is 0 Å². The second-order valence-electron chi connectivity index (χ2n) is 8.89. The SMILES string of the molecule is O=C(COc1ccc(N2C(=O)[C@@H]3[C@H](C2=O)[C@@H]2C=C[C@H]3C3CC32)nc1)c1cc(Cl)cc(Cl)c1. The van der Waals surface area contributed by atoms with Crippen LogP contribution in [0.4, 0.5) is 5.82 Å². The van der Waals surface area contributed by atoms with Crippen molar-refractivity contribution in [2.24, 2.45) is 35.5 Å². The quantitative estimate of drug-likeness (QED) is 0.373. The smallest absolute Gasteiger partial charge is 0.239 e. The molecule has 2 amide bonds. The minimum absolute atomic E-state index is 0.154. The fraction of sp³-hybridized carbons (Fsp3) is 0.333. The highest BCUT2D eigenvalue weighted by atomic mass is 35.5. The molecule has 2 saturated carbocycles. The molecule has 1 saturated heterocycles. The zero-order chi connectivity index (χ0) is 22.1. The van der Waals surface area contributed by atoms with E-state index in [-0.39, 0.29) is 47.9 Å². The van der Waals surface area contributed by atoms with E-state index >= 15 is 0 Å². The maximum atomic E-state index is 13.2. The molecular formula is C24H18Cl2N2O4. The number of halogens is 2. The van der Waals surface area contributed by atoms with Gasteiger partial charge in [-0.1, -0.05) is 35.4 Å². The van der Waals surface area contributed by atoms with Crippen molar-refractivity contribution in [3.05, 3.63) is 64.3 Å². The van der Waals surface area contributed by atoms with Crippen LogP contribution >= 0.6 is 23.2 Å². The summed E-state index contributed by atoms with van der Waals surface area (Å²) >= 11 is 11.9. The van der Waals surface area contributed by atoms with Crippen LogP contribution in [0, 0.1) is 35.5 Å². The van der Waals surface area contributed by atoms with Crippen LogP contribution in [0.5, 0.6) is 5.75 Å². The van der Waals surface area contributed by atoms with Crippen molar-refractivity contribution >= 4 is 46.6 Å². The fourth-order valence-electron chi connectivity index (χ4n) is 5.72. The highest BCUT2D eigenvalue weighted by Gasteiger charge is 2.67. The first-order valence-electron chi connectivity index (χ1n) is 10.6. The number of allylic oxidation sites excluding steroid dienone is 2. The van der Waals surface area contributed by atoms with Gasteiger partial charge in [-0.25, -0.2) is 9.88 Å². The van der Waals surface area contributed by atoms with Crippen LogP contribution < -0.4 is 9.64 Å². The Labute approximate surface area is 194 Å². The van der Waals surface area contributed by atoms with Gasteiger partial charge in [-0.2, -0.15) is 0 Å². The molecule has 2 bridgehead atoms. The van der Waals surface area contributed by atoms with Gasteiger partial charge in [0.25, 0.3) is 0 Å². The third kappa shape index (κ3) is 3.00. The summed E-state index contributed by atoms with van der Waals surface area (Å²) in [5.41, 5.74) is 0.351. The number of imide groups is 1. The number of anilines is 1. The van der Waals surface area contributed by atoms with Gasteiger partial charge in [-0.3, -0.25) is 14.4 Å². The van der Waals surface area contributed by atoms with Crippen LogP contribution in [0.25, 0.3) is 0 Å². The number of ether oxygens (including phenoxy) is 1. The number of Topliss-reactive ketones (excluding diaryl/α,β-unsaturated/α-hetero) is 1. The molecule has 6 nitrogen and oxygen atoms in total. The average Bonchev–Trinajstić information content (AvgIpc) is 3.55. The first kappa shape index (κ1) is 19.9. The van der Waals surface area contributed by atoms with Gasteiger partial charge in [-0.05, 0) is 60.4 Å². The standard InChI is InChI=1S/C24H18Cl2N2O4/c25-12-5-11(6-13(26)7-12)19(29)10-32-14-1-4-20(27-9-14)28-23(30)21-15-2-3-16(18-8-17(15)18)22(21)24(28)31/h1-7,9,15-18,21-22H,8,10H2/t15-,16+,17?,18?,21-,22+. The number of carbonyl (C=O) groups is 3. The van der Waals surface area contributed by atoms with Crippen molar-refractivity contribution in [1.82, 2.24) is 4.98 Å². The predicted octanol–water partition coefficient (Wildman–Crippen LogP) is 4.21. The molecule has 6 atom stereocenters. The van der Waals surface area contributed by atoms with Crippen molar-refractivity contribution in [2.75, 3.05) is 11.5 Å². The van der Waals surface area contributed by atoms with Crippen molar-refractivity contribution in [3.8, 4) is 5.75 Å². The summed E-state index contributed by atoms with van der Waals surface area (Å²) in [4.78, 5) is 44.2. The summed E-state index contributed by atoms with van der Waals surface area (Å²) in [5.74, 6) is 0.985. The fourth-order valence-corrected chi connectivity index (χ4v) is 6.25. The molecule has 8 heteroatoms. The molecule has 1 aliphatic heterocycles. The number of hydrogen-bond acceptors (Lipinski definition) is 5. The van der Waals surface area contributed by atoms with E-state index in [1.807, 2.05) is 0 Å². The molecule has 2 aromatic rings. The van der Waals surface area contributed by atoms with Crippen molar-refractivity contribution < 1.29 is 19.1 Å². The largest absolute Gasteiger partial charge is 0.484 e. The summed E-state index contributed by atoms with van der Waals surface area (Å²) in [6.45, 7) is -0.221. The van der Waals surface area contributed by atoms with E-state index in [1.54, 1.807) is 18.2 Å². The molecule has 3 fully saturated rings. The van der Waals surface area contributed by atoms with Crippen LogP contribution in [0.1, 0.15) is 16.8 Å². The number of amides is 2. The lowest BCUT2D eigenvalue weighted by Crippen LogP contribution is -2.40. The Morgan fingerprint density at radius 2 is 1.62 bits per heavy atom. The molecule has 4 aliphatic carbocycles. The molecule has 7 rings (SSSR count). The number of nitrogens with zero attached hydrogens (tertiary/aromatic N) is 2. The van der Waals surface area contributed by atoms with Crippen LogP contribution in [0.3, 0.4) is 0 Å². The molecule has 5 aliphatic rings. The predicted molar refractivity (Wildman–Crippen MR) is 118 cm³/mol. The van der Waals surface area contributed by atoms with E-state index in [0.717, 1.165) is 6.42 Å². The Morgan fingerprint density at radius 1 is 1.00 bits per heavy atom. The van der Waals surface area contributed by atoms with Crippen LogP contribution in [0.15, 0.2) is 48.7 Å². The van der Waals surface area contributed by atoms with E-state index < -0.39 is 0 Å². The van der Waals surface area contributed by atoms with E-state index in [0.29, 0.717) is 39.0 Å². The van der Waals surface area contributed by atoms with Gasteiger partial charge >= 0.3 is 0 Å². The number of aromatic nitrogens is 1. The molecule has 0 radical (unpaired) electrons. The molecule has 1 aromatic heterocycles. The molecule has 162 valence electrons. The van der Waals surface area contributed by atoms with Gasteiger partial charge < -0.3 is 4.74 Å². The monoisotopic (exact) mass is 468 g/mol. The summed E-state index contributed by atoms with van der Waals surface area (Å²) in [6.07, 6.45) is 6.83. The number of ketones is 1. The summed E-state index contributed by atoms with van der Waals surface area (Å²) < 4.78 is 5.54. The lowest BCUT2D eigenvalue weighted by atomic mass is 9.63. The van der Waals surface area contributed by atoms with Crippen molar-refractivity contribution in [3.63, 3.8) is 0 Å². The normalized spacial score (nSPS) is 31.5. The Balaban J connectivity index is 1.16. The molecular weight excluding hydrogens is 451 g/mol. The van der Waals surface area contributed by atoms with Gasteiger partial charge in [0, 0.05) is 15.6 Å². The summed E-state index contributed by atoms with van der Waals surface area (Å²) in [7, 11) is 0. The minimum Gasteiger partial charge on any atom is -0.484 e. The van der Waals surface area contributed by atoms with Gasteiger partial charge in [0.2, 0.25) is 11.8 Å². The minimum atomic E-state index is -0.283. The maximum absolute atomic E-state index is 13.2. The zero-order valence-electron chi connectivity index (χ0n) is 16.8. The lowest BCUT2D eigenvalue weighted by Gasteiger charge is -2.37. The third-order valence-electron chi connectivity index (χ3n) is 7.17. The molecule has 1 aromatic carbocycles. The Kier molecular flexibility index (Phi) is 4.46. The van der Waals surface area contributed by atoms with E-state index in [1.165, 1.54) is 23.2 Å². The average molecular weight is 469 g/mol. The van der Waals surface area contributed by atoms with Crippen LogP contribution in [0.2, 0.25) is 10.0 Å². The summed E-state index contributed by atoms with van der Waals surface area (Å²) in [5, 5.41) is 0.738. The Hall–Kier alpha value is -2.70. The number of pyridine rings is 1. The highest BCUT2D eigenvalue weighted by Crippen LogP contribution is 2.65. The van der Waals surface area contributed by atoms with E-state index in [2.05, 4.69) is 17.1 Å². The topological polar surface area (TPSA) is 76.6 Å². The van der Waals surface area contributed by atoms with Crippen molar-refractivity contribution in [2.45, 2.75) is 6.42 Å². The van der Waals surface area contributed by atoms with E-state index in [4.69, 9.17) is 27.9 Å². The van der Waals surface area contributed by atoms with Crippen LogP contribution in [-0.2, 0) is 9.59 Å². The zero-order valence-corrected chi connectivity index (χ0v) is 18.3. The van der Waals surface area contributed by atoms with Gasteiger partial charge in [0.1, 0.15) is 11.6 Å². The molecule has 0 spiro atoms. The number of hydrogen-bond donors (Lipinski definition) is 0. The first-order chi connectivity index (χ1) is 15.4. The number of rotatable bonds is 5. The second kappa shape index (κ2) is 7.15. The molecule has 2 unspecified atom stereocenters. The van der Waals surface area contributed by atoms with Crippen LogP contribution in [-0.4, -0.2) is 29.2 Å². The second-order valence-corrected chi connectivity index (χ2v) is 9.76. The van der Waals surface area contributed by atoms with E-state index in [9.17, 15) is 14.4 Å². The molecule has 0 N–H and O–H groups in total. The summed E-state index contributed by atoms with van der Waals surface area (Å²) in [6, 6.07) is 7.78. The third-order valence-corrected chi connectivity index (χ3v) is 7.60. The Bertz CT molecular complexity index is 1140. The lowest BCUT2D eigenvalue weighted by molar-refractivity contribution is -0.124. The first-order valence-corrected chi connectivity index (χ1v) is 11.3. The molecule has 32 heavy (non-hydrogen) atoms. The highest BCUT2D eigenvalue weighted by molar-refractivity contribution is 6.35. The van der Waals surface area contributed by atoms with Gasteiger partial charge in [0.15, 0.2) is 12.4 Å². The Morgan fingerprint density at radius 3 is 2.19 bits per heavy atom. The van der Waals surface area contributed by atoms with Gasteiger partial charge in [0.05, 0.1) is 18.0 Å².